The summed E-state index contributed by atoms with van der Waals surface area (Å²) in [4.78, 5) is 15.1. The zero-order chi connectivity index (χ0) is 22.2. The molecule has 4 rings (SSSR count). The molecule has 6 nitrogen and oxygen atoms in total. The van der Waals surface area contributed by atoms with E-state index in [0.29, 0.717) is 30.2 Å². The number of methoxy groups -OCH3 is 2. The Morgan fingerprint density at radius 2 is 1.84 bits per heavy atom. The second-order valence-electron chi connectivity index (χ2n) is 7.10. The van der Waals surface area contributed by atoms with E-state index in [4.69, 9.17) is 18.6 Å². The zero-order valence-corrected chi connectivity index (χ0v) is 16.9. The van der Waals surface area contributed by atoms with Gasteiger partial charge in [0.1, 0.15) is 23.8 Å². The highest BCUT2D eigenvalue weighted by Gasteiger charge is 2.40. The molecular formula is C22H20F3NO5. The number of ether oxygens (including phenoxy) is 3. The van der Waals surface area contributed by atoms with Crippen LogP contribution in [0.15, 0.2) is 45.6 Å². The quantitative estimate of drug-likeness (QED) is 0.596. The van der Waals surface area contributed by atoms with Gasteiger partial charge in [-0.15, -0.1) is 0 Å². The molecule has 0 saturated heterocycles. The van der Waals surface area contributed by atoms with Crippen LogP contribution in [0.2, 0.25) is 0 Å². The van der Waals surface area contributed by atoms with Crippen LogP contribution in [0.5, 0.6) is 11.5 Å². The lowest BCUT2D eigenvalue weighted by Gasteiger charge is -2.29. The summed E-state index contributed by atoms with van der Waals surface area (Å²) >= 11 is 0. The molecule has 2 heterocycles. The first-order chi connectivity index (χ1) is 14.8. The summed E-state index contributed by atoms with van der Waals surface area (Å²) in [5.41, 5.74) is -0.900. The molecule has 164 valence electrons. The van der Waals surface area contributed by atoms with Gasteiger partial charge < -0.3 is 18.6 Å². The SMILES string of the molecule is COCCN1COc2ccc3c(=O)c(-c4ccc(OC)cc4)c(C(F)(F)F)oc3c2C1. The van der Waals surface area contributed by atoms with Crippen LogP contribution in [-0.2, 0) is 17.5 Å². The van der Waals surface area contributed by atoms with Gasteiger partial charge in [-0.05, 0) is 29.8 Å². The minimum absolute atomic E-state index is 0.0646. The van der Waals surface area contributed by atoms with Gasteiger partial charge in [-0.1, -0.05) is 12.1 Å². The van der Waals surface area contributed by atoms with E-state index >= 15 is 0 Å². The van der Waals surface area contributed by atoms with Crippen LogP contribution in [0.3, 0.4) is 0 Å². The predicted molar refractivity (Wildman–Crippen MR) is 107 cm³/mol. The van der Waals surface area contributed by atoms with E-state index in [-0.39, 0.29) is 29.8 Å². The van der Waals surface area contributed by atoms with E-state index in [1.807, 2.05) is 4.90 Å². The molecule has 0 saturated carbocycles. The summed E-state index contributed by atoms with van der Waals surface area (Å²) in [7, 11) is 3.01. The van der Waals surface area contributed by atoms with E-state index in [1.54, 1.807) is 13.2 Å². The van der Waals surface area contributed by atoms with Crippen molar-refractivity contribution in [2.45, 2.75) is 12.7 Å². The largest absolute Gasteiger partial charge is 0.497 e. The molecule has 0 radical (unpaired) electrons. The number of fused-ring (bicyclic) bond motifs is 3. The van der Waals surface area contributed by atoms with Gasteiger partial charge in [0, 0.05) is 20.2 Å². The van der Waals surface area contributed by atoms with Crippen LogP contribution < -0.4 is 14.9 Å². The first-order valence-corrected chi connectivity index (χ1v) is 9.52. The van der Waals surface area contributed by atoms with Gasteiger partial charge in [0.05, 0.1) is 30.2 Å². The van der Waals surface area contributed by atoms with Crippen LogP contribution in [0.25, 0.3) is 22.1 Å². The highest BCUT2D eigenvalue weighted by molar-refractivity contribution is 5.87. The number of nitrogens with zero attached hydrogens (tertiary/aromatic N) is 1. The Bertz CT molecular complexity index is 1150. The average molecular weight is 435 g/mol. The minimum atomic E-state index is -4.86. The van der Waals surface area contributed by atoms with E-state index in [0.717, 1.165) is 0 Å². The van der Waals surface area contributed by atoms with Crippen molar-refractivity contribution in [1.29, 1.82) is 0 Å². The van der Waals surface area contributed by atoms with Crippen LogP contribution in [0, 0.1) is 0 Å². The first kappa shape index (κ1) is 21.2. The zero-order valence-electron chi connectivity index (χ0n) is 16.9. The number of hydrogen-bond donors (Lipinski definition) is 0. The molecule has 0 atom stereocenters. The number of alkyl halides is 3. The molecule has 0 fully saturated rings. The molecule has 9 heteroatoms. The Labute approximate surface area is 175 Å². The van der Waals surface area contributed by atoms with E-state index in [1.165, 1.54) is 37.4 Å². The standard InChI is InChI=1S/C22H20F3NO5/c1-28-10-9-26-11-16-17(30-12-26)8-7-15-19(27)18(13-3-5-14(29-2)6-4-13)21(22(23,24)25)31-20(15)16/h3-8H,9-12H2,1-2H3. The number of halogens is 3. The molecule has 1 aromatic heterocycles. The third kappa shape index (κ3) is 3.98. The van der Waals surface area contributed by atoms with Crippen molar-refractivity contribution in [3.8, 4) is 22.6 Å². The molecule has 0 bridgehead atoms. The Kier molecular flexibility index (Phi) is 5.63. The third-order valence-corrected chi connectivity index (χ3v) is 5.15. The monoisotopic (exact) mass is 435 g/mol. The number of benzene rings is 2. The Hall–Kier alpha value is -3.04. The fourth-order valence-corrected chi connectivity index (χ4v) is 3.59. The Morgan fingerprint density at radius 1 is 1.10 bits per heavy atom. The van der Waals surface area contributed by atoms with Crippen LogP contribution in [0.4, 0.5) is 13.2 Å². The van der Waals surface area contributed by atoms with Crippen molar-refractivity contribution in [2.75, 3.05) is 34.1 Å². The topological polar surface area (TPSA) is 61.1 Å². The van der Waals surface area contributed by atoms with Crippen molar-refractivity contribution in [2.24, 2.45) is 0 Å². The molecule has 0 aliphatic carbocycles. The molecule has 3 aromatic rings. The van der Waals surface area contributed by atoms with Crippen LogP contribution in [-0.4, -0.2) is 39.0 Å². The maximum Gasteiger partial charge on any atom is 0.450 e. The van der Waals surface area contributed by atoms with Gasteiger partial charge in [-0.25, -0.2) is 0 Å². The van der Waals surface area contributed by atoms with Crippen molar-refractivity contribution >= 4 is 11.0 Å². The van der Waals surface area contributed by atoms with Crippen molar-refractivity contribution in [3.63, 3.8) is 0 Å². The van der Waals surface area contributed by atoms with Crippen LogP contribution in [0.1, 0.15) is 11.3 Å². The smallest absolute Gasteiger partial charge is 0.450 e. The average Bonchev–Trinajstić information content (AvgIpc) is 2.76. The van der Waals surface area contributed by atoms with E-state index in [9.17, 15) is 18.0 Å². The number of rotatable bonds is 5. The second-order valence-corrected chi connectivity index (χ2v) is 7.10. The highest BCUT2D eigenvalue weighted by atomic mass is 19.4. The summed E-state index contributed by atoms with van der Waals surface area (Å²) in [6, 6.07) is 8.83. The summed E-state index contributed by atoms with van der Waals surface area (Å²) in [6.45, 7) is 1.50. The third-order valence-electron chi connectivity index (χ3n) is 5.15. The summed E-state index contributed by atoms with van der Waals surface area (Å²) < 4.78 is 63.0. The lowest BCUT2D eigenvalue weighted by molar-refractivity contribution is -0.152. The lowest BCUT2D eigenvalue weighted by atomic mass is 9.99. The summed E-state index contributed by atoms with van der Waals surface area (Å²) in [6.07, 6.45) is -4.86. The second kappa shape index (κ2) is 8.24. The van der Waals surface area contributed by atoms with Crippen molar-refractivity contribution in [1.82, 2.24) is 4.90 Å². The molecule has 0 spiro atoms. The molecule has 1 aliphatic rings. The first-order valence-electron chi connectivity index (χ1n) is 9.52. The van der Waals surface area contributed by atoms with Gasteiger partial charge in [-0.3, -0.25) is 9.69 Å². The van der Waals surface area contributed by atoms with Gasteiger partial charge in [0.2, 0.25) is 11.2 Å². The lowest BCUT2D eigenvalue weighted by Crippen LogP contribution is -2.34. The van der Waals surface area contributed by atoms with Crippen molar-refractivity contribution in [3.05, 3.63) is 57.9 Å². The molecule has 2 aromatic carbocycles. The van der Waals surface area contributed by atoms with Gasteiger partial charge >= 0.3 is 6.18 Å². The molecule has 31 heavy (non-hydrogen) atoms. The van der Waals surface area contributed by atoms with Gasteiger partial charge in [0.15, 0.2) is 0 Å². The maximum absolute atomic E-state index is 13.9. The van der Waals surface area contributed by atoms with E-state index < -0.39 is 22.9 Å². The number of hydrogen-bond acceptors (Lipinski definition) is 6. The minimum Gasteiger partial charge on any atom is -0.497 e. The fraction of sp³-hybridized carbons (Fsp3) is 0.318. The van der Waals surface area contributed by atoms with Gasteiger partial charge in [-0.2, -0.15) is 13.2 Å². The normalized spacial score (nSPS) is 14.4. The Balaban J connectivity index is 1.92. The Morgan fingerprint density at radius 3 is 2.48 bits per heavy atom. The molecule has 0 N–H and O–H groups in total. The maximum atomic E-state index is 13.9. The molecule has 1 aliphatic heterocycles. The molecule has 0 amide bonds. The van der Waals surface area contributed by atoms with Crippen molar-refractivity contribution < 1.29 is 31.8 Å². The summed E-state index contributed by atoms with van der Waals surface area (Å²) in [5.74, 6) is -0.475. The summed E-state index contributed by atoms with van der Waals surface area (Å²) in [5, 5.41) is 0.0646. The highest BCUT2D eigenvalue weighted by Crippen LogP contribution is 2.40. The van der Waals surface area contributed by atoms with Crippen LogP contribution >= 0.6 is 0 Å². The molecular weight excluding hydrogens is 415 g/mol. The van der Waals surface area contributed by atoms with Gasteiger partial charge in [0.25, 0.3) is 0 Å². The fourth-order valence-electron chi connectivity index (χ4n) is 3.59. The predicted octanol–water partition coefficient (Wildman–Crippen LogP) is 4.29. The van der Waals surface area contributed by atoms with E-state index in [2.05, 4.69) is 0 Å². The molecule has 0 unspecified atom stereocenters.